The fraction of sp³-hybridized carbons (Fsp3) is 0.462. The van der Waals surface area contributed by atoms with Gasteiger partial charge in [0.25, 0.3) is 0 Å². The first-order chi connectivity index (χ1) is 7.63. The molecule has 1 aromatic carbocycles. The number of nitrogens with one attached hydrogen (secondary N) is 1. The molecule has 0 aliphatic carbocycles. The van der Waals surface area contributed by atoms with E-state index >= 15 is 0 Å². The van der Waals surface area contributed by atoms with Gasteiger partial charge >= 0.3 is 0 Å². The van der Waals surface area contributed by atoms with Gasteiger partial charge in [0.15, 0.2) is 0 Å². The van der Waals surface area contributed by atoms with E-state index in [-0.39, 0.29) is 5.91 Å². The average molecular weight is 220 g/mol. The fourth-order valence-corrected chi connectivity index (χ4v) is 1.48. The second-order valence-corrected chi connectivity index (χ2v) is 4.35. The zero-order chi connectivity index (χ0) is 12.0. The molecule has 0 atom stereocenters. The maximum absolute atomic E-state index is 11.6. The van der Waals surface area contributed by atoms with Gasteiger partial charge in [0.05, 0.1) is 6.42 Å². The molecule has 0 aromatic heterocycles. The summed E-state index contributed by atoms with van der Waals surface area (Å²) in [6.07, 6.45) is 0.417. The monoisotopic (exact) mass is 220 g/mol. The number of amides is 1. The summed E-state index contributed by atoms with van der Waals surface area (Å²) in [7, 11) is 0. The van der Waals surface area contributed by atoms with Crippen LogP contribution in [0.2, 0.25) is 0 Å². The van der Waals surface area contributed by atoms with Crippen molar-refractivity contribution in [3.05, 3.63) is 35.4 Å². The van der Waals surface area contributed by atoms with Crippen LogP contribution in [0.3, 0.4) is 0 Å². The molecule has 0 spiro atoms. The van der Waals surface area contributed by atoms with Crippen molar-refractivity contribution < 1.29 is 4.79 Å². The summed E-state index contributed by atoms with van der Waals surface area (Å²) in [4.78, 5) is 11.6. The van der Waals surface area contributed by atoms with Crippen molar-refractivity contribution >= 4 is 5.91 Å². The lowest BCUT2D eigenvalue weighted by Crippen LogP contribution is -2.29. The zero-order valence-electron chi connectivity index (χ0n) is 9.99. The number of nitrogens with two attached hydrogens (primary N) is 1. The third-order valence-electron chi connectivity index (χ3n) is 2.40. The second-order valence-electron chi connectivity index (χ2n) is 4.35. The molecule has 16 heavy (non-hydrogen) atoms. The van der Waals surface area contributed by atoms with E-state index in [1.807, 2.05) is 24.3 Å². The largest absolute Gasteiger partial charge is 0.356 e. The molecule has 0 fully saturated rings. The molecule has 3 N–H and O–H groups in total. The Balaban J connectivity index is 2.55. The van der Waals surface area contributed by atoms with Gasteiger partial charge in [-0.1, -0.05) is 38.1 Å². The Hall–Kier alpha value is -1.35. The molecule has 0 saturated heterocycles. The Morgan fingerprint density at radius 1 is 1.31 bits per heavy atom. The summed E-state index contributed by atoms with van der Waals surface area (Å²) in [6, 6.07) is 7.80. The third-order valence-corrected chi connectivity index (χ3v) is 2.40. The van der Waals surface area contributed by atoms with Gasteiger partial charge in [-0.2, -0.15) is 0 Å². The van der Waals surface area contributed by atoms with Crippen LogP contribution >= 0.6 is 0 Å². The van der Waals surface area contributed by atoms with E-state index in [4.69, 9.17) is 5.73 Å². The topological polar surface area (TPSA) is 55.1 Å². The molecule has 0 radical (unpaired) electrons. The molecule has 0 aliphatic rings. The van der Waals surface area contributed by atoms with E-state index in [1.54, 1.807) is 0 Å². The first kappa shape index (κ1) is 12.7. The van der Waals surface area contributed by atoms with Crippen LogP contribution < -0.4 is 11.1 Å². The van der Waals surface area contributed by atoms with E-state index in [1.165, 1.54) is 0 Å². The standard InChI is InChI=1S/C13H20N2O/c1-10(2)9-15-13(16)7-11-5-3-4-6-12(11)8-14/h3-6,10H,7-9,14H2,1-2H3,(H,15,16). The van der Waals surface area contributed by atoms with Crippen molar-refractivity contribution in [2.75, 3.05) is 6.54 Å². The molecule has 88 valence electrons. The molecule has 1 amide bonds. The number of hydrogen-bond donors (Lipinski definition) is 2. The Labute approximate surface area is 97.0 Å². The van der Waals surface area contributed by atoms with Crippen LogP contribution in [0.5, 0.6) is 0 Å². The summed E-state index contributed by atoms with van der Waals surface area (Å²) in [5.41, 5.74) is 7.68. The van der Waals surface area contributed by atoms with Crippen molar-refractivity contribution in [3.8, 4) is 0 Å². The quantitative estimate of drug-likeness (QED) is 0.789. The third kappa shape index (κ3) is 4.03. The van der Waals surface area contributed by atoms with Gasteiger partial charge in [0, 0.05) is 13.1 Å². The number of rotatable bonds is 5. The number of carbonyl (C=O) groups excluding carboxylic acids is 1. The Morgan fingerprint density at radius 3 is 2.50 bits per heavy atom. The summed E-state index contributed by atoms with van der Waals surface area (Å²) >= 11 is 0. The minimum absolute atomic E-state index is 0.0644. The van der Waals surface area contributed by atoms with E-state index in [9.17, 15) is 4.79 Å². The van der Waals surface area contributed by atoms with Crippen molar-refractivity contribution in [2.24, 2.45) is 11.7 Å². The van der Waals surface area contributed by atoms with E-state index in [0.717, 1.165) is 17.7 Å². The van der Waals surface area contributed by atoms with Gasteiger partial charge in [0.2, 0.25) is 5.91 Å². The van der Waals surface area contributed by atoms with Gasteiger partial charge in [-0.25, -0.2) is 0 Å². The lowest BCUT2D eigenvalue weighted by Gasteiger charge is -2.09. The average Bonchev–Trinajstić information content (AvgIpc) is 2.27. The molecule has 3 heteroatoms. The van der Waals surface area contributed by atoms with Gasteiger partial charge < -0.3 is 11.1 Å². The van der Waals surface area contributed by atoms with E-state index < -0.39 is 0 Å². The molecule has 0 saturated carbocycles. The summed E-state index contributed by atoms with van der Waals surface area (Å²) in [5.74, 6) is 0.545. The van der Waals surface area contributed by atoms with Crippen LogP contribution in [0.25, 0.3) is 0 Å². The molecule has 0 unspecified atom stereocenters. The van der Waals surface area contributed by atoms with Crippen molar-refractivity contribution in [2.45, 2.75) is 26.8 Å². The molecular formula is C13H20N2O. The Bertz CT molecular complexity index is 348. The maximum Gasteiger partial charge on any atom is 0.224 e. The predicted octanol–water partition coefficient (Wildman–Crippen LogP) is 1.46. The van der Waals surface area contributed by atoms with Crippen LogP contribution in [-0.2, 0) is 17.8 Å². The first-order valence-corrected chi connectivity index (χ1v) is 5.67. The van der Waals surface area contributed by atoms with Crippen LogP contribution in [0.4, 0.5) is 0 Å². The van der Waals surface area contributed by atoms with Crippen LogP contribution in [0.1, 0.15) is 25.0 Å². The molecule has 0 aliphatic heterocycles. The molecular weight excluding hydrogens is 200 g/mol. The molecule has 3 nitrogen and oxygen atoms in total. The smallest absolute Gasteiger partial charge is 0.224 e. The Morgan fingerprint density at radius 2 is 1.94 bits per heavy atom. The predicted molar refractivity (Wildman–Crippen MR) is 65.9 cm³/mol. The first-order valence-electron chi connectivity index (χ1n) is 5.67. The molecule has 0 bridgehead atoms. The molecule has 0 heterocycles. The van der Waals surface area contributed by atoms with Crippen LogP contribution in [-0.4, -0.2) is 12.5 Å². The second kappa shape index (κ2) is 6.28. The minimum atomic E-state index is 0.0644. The highest BCUT2D eigenvalue weighted by atomic mass is 16.1. The molecule has 1 aromatic rings. The SMILES string of the molecule is CC(C)CNC(=O)Cc1ccccc1CN. The Kier molecular flexibility index (Phi) is 4.99. The fourth-order valence-electron chi connectivity index (χ4n) is 1.48. The van der Waals surface area contributed by atoms with Crippen LogP contribution in [0.15, 0.2) is 24.3 Å². The highest BCUT2D eigenvalue weighted by Crippen LogP contribution is 2.08. The number of benzene rings is 1. The summed E-state index contributed by atoms with van der Waals surface area (Å²) in [6.45, 7) is 5.36. The minimum Gasteiger partial charge on any atom is -0.356 e. The number of carbonyl (C=O) groups is 1. The maximum atomic E-state index is 11.6. The lowest BCUT2D eigenvalue weighted by molar-refractivity contribution is -0.120. The highest BCUT2D eigenvalue weighted by molar-refractivity contribution is 5.78. The molecule has 1 rings (SSSR count). The van der Waals surface area contributed by atoms with Gasteiger partial charge in [-0.15, -0.1) is 0 Å². The van der Waals surface area contributed by atoms with E-state index in [0.29, 0.717) is 18.9 Å². The van der Waals surface area contributed by atoms with Gasteiger partial charge in [-0.3, -0.25) is 4.79 Å². The number of hydrogen-bond acceptors (Lipinski definition) is 2. The summed E-state index contributed by atoms with van der Waals surface area (Å²) < 4.78 is 0. The van der Waals surface area contributed by atoms with Gasteiger partial charge in [0.1, 0.15) is 0 Å². The highest BCUT2D eigenvalue weighted by Gasteiger charge is 2.06. The van der Waals surface area contributed by atoms with Crippen LogP contribution in [0, 0.1) is 5.92 Å². The lowest BCUT2D eigenvalue weighted by atomic mass is 10.0. The van der Waals surface area contributed by atoms with Crippen molar-refractivity contribution in [1.29, 1.82) is 0 Å². The van der Waals surface area contributed by atoms with Crippen molar-refractivity contribution in [3.63, 3.8) is 0 Å². The van der Waals surface area contributed by atoms with Gasteiger partial charge in [-0.05, 0) is 17.0 Å². The normalized spacial score (nSPS) is 10.5. The zero-order valence-corrected chi connectivity index (χ0v) is 9.99. The summed E-state index contributed by atoms with van der Waals surface area (Å²) in [5, 5.41) is 2.90. The van der Waals surface area contributed by atoms with Crippen molar-refractivity contribution in [1.82, 2.24) is 5.32 Å². The van der Waals surface area contributed by atoms with E-state index in [2.05, 4.69) is 19.2 Å².